The van der Waals surface area contributed by atoms with Gasteiger partial charge in [0.1, 0.15) is 0 Å². The molecule has 2 aromatic heterocycles. The normalized spacial score (nSPS) is 11.3. The molecule has 10 aromatic rings. The molecule has 8 aromatic carbocycles. The highest BCUT2D eigenvalue weighted by Gasteiger charge is 2.34. The first kappa shape index (κ1) is 38.8. The van der Waals surface area contributed by atoms with Gasteiger partial charge in [0.15, 0.2) is 0 Å². The molecule has 0 atom stereocenters. The first-order chi connectivity index (χ1) is 31.1. The molecule has 7 nitrogen and oxygen atoms in total. The largest absolute Gasteiger partial charge is 0.416 e. The summed E-state index contributed by atoms with van der Waals surface area (Å²) < 4.78 is 50.2. The minimum Gasteiger partial charge on any atom is -0.309 e. The number of hydrogen-bond acceptors (Lipinski definition) is 5. The van der Waals surface area contributed by atoms with Gasteiger partial charge < -0.3 is 9.13 Å². The molecule has 10 rings (SSSR count). The minimum atomic E-state index is -4.79. The molecule has 0 amide bonds. The van der Waals surface area contributed by atoms with Gasteiger partial charge >= 0.3 is 6.18 Å². The van der Waals surface area contributed by atoms with Gasteiger partial charge in [-0.05, 0) is 125 Å². The van der Waals surface area contributed by atoms with Gasteiger partial charge in [-0.1, -0.05) is 60.7 Å². The summed E-state index contributed by atoms with van der Waals surface area (Å²) in [5.74, 6) is 0. The standard InChI is InChI=1S/C54H26F3N7/c55-54(56,57)42-25-51(63-47-10-3-1-8-43(47)45-23-37(12-14-49(45)63)40-19-33(28-59)16-34(20-40)29-60)53(39-7-5-6-32(18-39)27-58)52(26-42)64-48-11-4-2-9-44(48)46-24-38(13-15-50(46)64)41-21-35(30-61)17-36(22-41)31-62/h1-26H. The van der Waals surface area contributed by atoms with Gasteiger partial charge in [0.05, 0.1) is 97.2 Å². The molecule has 0 fully saturated rings. The summed E-state index contributed by atoms with van der Waals surface area (Å²) in [6, 6.07) is 55.7. The van der Waals surface area contributed by atoms with E-state index in [1.165, 1.54) is 12.1 Å². The van der Waals surface area contributed by atoms with Crippen molar-refractivity contribution < 1.29 is 13.2 Å². The van der Waals surface area contributed by atoms with Crippen molar-refractivity contribution in [3.8, 4) is 75.1 Å². The molecule has 0 saturated carbocycles. The Kier molecular flexibility index (Phi) is 9.06. The summed E-state index contributed by atoms with van der Waals surface area (Å²) in [5, 5.41) is 52.0. The van der Waals surface area contributed by atoms with Crippen LogP contribution in [0.1, 0.15) is 33.4 Å². The van der Waals surface area contributed by atoms with E-state index in [4.69, 9.17) is 0 Å². The van der Waals surface area contributed by atoms with E-state index in [0.717, 1.165) is 33.7 Å². The predicted molar refractivity (Wildman–Crippen MR) is 240 cm³/mol. The number of halogens is 3. The van der Waals surface area contributed by atoms with Crippen LogP contribution in [0.15, 0.2) is 158 Å². The average Bonchev–Trinajstić information content (AvgIpc) is 3.84. The van der Waals surface area contributed by atoms with Crippen LogP contribution >= 0.6 is 0 Å². The lowest BCUT2D eigenvalue weighted by molar-refractivity contribution is -0.137. The number of benzene rings is 8. The monoisotopic (exact) mass is 829 g/mol. The van der Waals surface area contributed by atoms with Gasteiger partial charge in [0, 0.05) is 27.1 Å². The first-order valence-electron chi connectivity index (χ1n) is 19.8. The highest BCUT2D eigenvalue weighted by Crippen LogP contribution is 2.46. The van der Waals surface area contributed by atoms with Crippen molar-refractivity contribution in [2.24, 2.45) is 0 Å². The van der Waals surface area contributed by atoms with Crippen LogP contribution < -0.4 is 0 Å². The maximum absolute atomic E-state index is 15.5. The Morgan fingerprint density at radius 2 is 0.750 bits per heavy atom. The molecule has 0 aliphatic carbocycles. The van der Waals surface area contributed by atoms with E-state index in [9.17, 15) is 26.3 Å². The Labute approximate surface area is 363 Å². The summed E-state index contributed by atoms with van der Waals surface area (Å²) in [4.78, 5) is 0. The molecule has 10 heteroatoms. The lowest BCUT2D eigenvalue weighted by Gasteiger charge is -2.23. The number of alkyl halides is 3. The molecule has 298 valence electrons. The van der Waals surface area contributed by atoms with Gasteiger partial charge in [-0.25, -0.2) is 0 Å². The zero-order chi connectivity index (χ0) is 44.3. The number of fused-ring (bicyclic) bond motifs is 6. The summed E-state index contributed by atoms with van der Waals surface area (Å²) in [6.07, 6.45) is -4.79. The third-order valence-electron chi connectivity index (χ3n) is 11.6. The zero-order valence-corrected chi connectivity index (χ0v) is 33.3. The van der Waals surface area contributed by atoms with Crippen LogP contribution in [-0.2, 0) is 6.18 Å². The Morgan fingerprint density at radius 1 is 0.344 bits per heavy atom. The van der Waals surface area contributed by atoms with Crippen molar-refractivity contribution in [3.05, 3.63) is 191 Å². The van der Waals surface area contributed by atoms with Crippen LogP contribution in [0.4, 0.5) is 13.2 Å². The number of hydrogen-bond donors (Lipinski definition) is 0. The van der Waals surface area contributed by atoms with Crippen LogP contribution in [0.3, 0.4) is 0 Å². The summed E-state index contributed by atoms with van der Waals surface area (Å²) >= 11 is 0. The van der Waals surface area contributed by atoms with E-state index in [-0.39, 0.29) is 11.4 Å². The molecule has 64 heavy (non-hydrogen) atoms. The topological polar surface area (TPSA) is 129 Å². The second kappa shape index (κ2) is 14.9. The van der Waals surface area contributed by atoms with Crippen LogP contribution in [0.5, 0.6) is 0 Å². The molecule has 0 aliphatic heterocycles. The van der Waals surface area contributed by atoms with Gasteiger partial charge in [-0.3, -0.25) is 0 Å². The fourth-order valence-corrected chi connectivity index (χ4v) is 8.84. The van der Waals surface area contributed by atoms with Crippen LogP contribution in [0.25, 0.3) is 88.4 Å². The number of rotatable bonds is 5. The van der Waals surface area contributed by atoms with E-state index >= 15 is 13.2 Å². The molecule has 0 unspecified atom stereocenters. The van der Waals surface area contributed by atoms with Gasteiger partial charge in [0.2, 0.25) is 0 Å². The molecular weight excluding hydrogens is 804 g/mol. The predicted octanol–water partition coefficient (Wildman–Crippen LogP) is 13.3. The molecule has 0 N–H and O–H groups in total. The quantitative estimate of drug-likeness (QED) is 0.171. The summed E-state index contributed by atoms with van der Waals surface area (Å²) in [6.45, 7) is 0. The Hall–Kier alpha value is -9.40. The second-order valence-electron chi connectivity index (χ2n) is 15.3. The zero-order valence-electron chi connectivity index (χ0n) is 33.3. The van der Waals surface area contributed by atoms with Crippen LogP contribution in [0.2, 0.25) is 0 Å². The van der Waals surface area contributed by atoms with Crippen LogP contribution in [-0.4, -0.2) is 9.13 Å². The van der Waals surface area contributed by atoms with Crippen molar-refractivity contribution in [3.63, 3.8) is 0 Å². The molecule has 0 spiro atoms. The SMILES string of the molecule is N#Cc1cc(C#N)cc(-c2ccc3c(c2)c2ccccc2n3-c2cc(C(F)(F)F)cc(-n3c4ccccc4c4cc(-c5cc(C#N)cc(C#N)c5)ccc43)c2-c2cccc(C#N)c2)c1. The second-order valence-corrected chi connectivity index (χ2v) is 15.3. The highest BCUT2D eigenvalue weighted by molar-refractivity contribution is 6.13. The Balaban J connectivity index is 1.32. The Morgan fingerprint density at radius 3 is 1.17 bits per heavy atom. The maximum atomic E-state index is 15.5. The minimum absolute atomic E-state index is 0.219. The molecule has 2 heterocycles. The van der Waals surface area contributed by atoms with Crippen LogP contribution in [0, 0.1) is 56.7 Å². The number of nitriles is 5. The van der Waals surface area contributed by atoms with Crippen molar-refractivity contribution in [2.45, 2.75) is 6.18 Å². The van der Waals surface area contributed by atoms with E-state index in [1.807, 2.05) is 94.1 Å². The van der Waals surface area contributed by atoms with E-state index in [0.29, 0.717) is 83.3 Å². The Bertz CT molecular complexity index is 3570. The van der Waals surface area contributed by atoms with Crippen molar-refractivity contribution in [2.75, 3.05) is 0 Å². The lowest BCUT2D eigenvalue weighted by atomic mass is 9.96. The van der Waals surface area contributed by atoms with Crippen molar-refractivity contribution in [1.82, 2.24) is 9.13 Å². The average molecular weight is 830 g/mol. The number of para-hydroxylation sites is 2. The van der Waals surface area contributed by atoms with Gasteiger partial charge in [-0.15, -0.1) is 0 Å². The third-order valence-corrected chi connectivity index (χ3v) is 11.6. The molecular formula is C54H26F3N7. The number of aromatic nitrogens is 2. The van der Waals surface area contributed by atoms with E-state index < -0.39 is 11.7 Å². The lowest BCUT2D eigenvalue weighted by Crippen LogP contribution is -2.11. The maximum Gasteiger partial charge on any atom is 0.416 e. The smallest absolute Gasteiger partial charge is 0.309 e. The molecule has 0 radical (unpaired) electrons. The third kappa shape index (κ3) is 6.34. The highest BCUT2D eigenvalue weighted by atomic mass is 19.4. The fourth-order valence-electron chi connectivity index (χ4n) is 8.84. The van der Waals surface area contributed by atoms with Gasteiger partial charge in [0.25, 0.3) is 0 Å². The molecule has 0 saturated heterocycles. The molecule has 0 bridgehead atoms. The van der Waals surface area contributed by atoms with Gasteiger partial charge in [-0.2, -0.15) is 39.5 Å². The van der Waals surface area contributed by atoms with E-state index in [2.05, 4.69) is 30.3 Å². The summed E-state index contributed by atoms with van der Waals surface area (Å²) in [5.41, 5.74) is 7.26. The van der Waals surface area contributed by atoms with E-state index in [1.54, 1.807) is 48.5 Å². The summed E-state index contributed by atoms with van der Waals surface area (Å²) in [7, 11) is 0. The first-order valence-corrected chi connectivity index (χ1v) is 19.8. The fraction of sp³-hybridized carbons (Fsp3) is 0.0185. The number of nitrogens with zero attached hydrogens (tertiary/aromatic N) is 7. The van der Waals surface area contributed by atoms with Crippen molar-refractivity contribution in [1.29, 1.82) is 26.3 Å². The molecule has 0 aliphatic rings. The van der Waals surface area contributed by atoms with Crippen molar-refractivity contribution >= 4 is 43.6 Å².